The molecule has 1 unspecified atom stereocenters. The van der Waals surface area contributed by atoms with Crippen LogP contribution in [0.3, 0.4) is 0 Å². The van der Waals surface area contributed by atoms with Gasteiger partial charge in [-0.15, -0.1) is 11.6 Å². The van der Waals surface area contributed by atoms with Crippen molar-refractivity contribution >= 4 is 31.3 Å². The molecule has 1 atom stereocenters. The molecule has 1 aromatic rings. The van der Waals surface area contributed by atoms with Gasteiger partial charge in [-0.05, 0) is 18.1 Å². The Morgan fingerprint density at radius 3 is 1.95 bits per heavy atom. The summed E-state index contributed by atoms with van der Waals surface area (Å²) in [6.07, 6.45) is 0. The summed E-state index contributed by atoms with van der Waals surface area (Å²) in [6, 6.07) is 5.70. The summed E-state index contributed by atoms with van der Waals surface area (Å²) in [6.45, 7) is 3.20. The van der Waals surface area contributed by atoms with Gasteiger partial charge in [0.2, 0.25) is 0 Å². The quantitative estimate of drug-likeness (QED) is 0.752. The molecule has 0 aliphatic heterocycles. The van der Waals surface area contributed by atoms with Gasteiger partial charge in [0.15, 0.2) is 19.7 Å². The van der Waals surface area contributed by atoms with Gasteiger partial charge in [-0.3, -0.25) is 0 Å². The molecule has 0 fully saturated rings. The van der Waals surface area contributed by atoms with Gasteiger partial charge in [-0.1, -0.05) is 26.0 Å². The van der Waals surface area contributed by atoms with Gasteiger partial charge in [0.05, 0.1) is 21.3 Å². The van der Waals surface area contributed by atoms with Crippen LogP contribution in [-0.2, 0) is 19.7 Å². The van der Waals surface area contributed by atoms with Crippen molar-refractivity contribution in [1.29, 1.82) is 0 Å². The standard InChI is InChI=1S/C12H17ClO4S2/c1-3-18(14,15)11-6-4-5-7-12(11)19(16,17)9-10(2)8-13/h4-7,10H,3,8-9H2,1-2H3. The lowest BCUT2D eigenvalue weighted by molar-refractivity contribution is 0.575. The minimum atomic E-state index is -3.66. The maximum Gasteiger partial charge on any atom is 0.179 e. The van der Waals surface area contributed by atoms with Crippen LogP contribution in [0.4, 0.5) is 0 Å². The topological polar surface area (TPSA) is 68.3 Å². The zero-order valence-corrected chi connectivity index (χ0v) is 13.2. The Bertz CT molecular complexity index is 635. The van der Waals surface area contributed by atoms with Crippen LogP contribution >= 0.6 is 11.6 Å². The van der Waals surface area contributed by atoms with E-state index < -0.39 is 19.7 Å². The van der Waals surface area contributed by atoms with Crippen LogP contribution in [0.2, 0.25) is 0 Å². The van der Waals surface area contributed by atoms with Crippen molar-refractivity contribution < 1.29 is 16.8 Å². The third-order valence-electron chi connectivity index (χ3n) is 2.67. The van der Waals surface area contributed by atoms with Gasteiger partial charge in [-0.2, -0.15) is 0 Å². The molecule has 0 amide bonds. The molecule has 0 aliphatic rings. The lowest BCUT2D eigenvalue weighted by atomic mass is 10.3. The van der Waals surface area contributed by atoms with Gasteiger partial charge in [0, 0.05) is 5.88 Å². The molecule has 0 N–H and O–H groups in total. The Hall–Kier alpha value is -0.590. The van der Waals surface area contributed by atoms with Crippen LogP contribution in [0, 0.1) is 5.92 Å². The lowest BCUT2D eigenvalue weighted by Gasteiger charge is -2.12. The maximum atomic E-state index is 12.3. The number of halogens is 1. The fraction of sp³-hybridized carbons (Fsp3) is 0.500. The highest BCUT2D eigenvalue weighted by atomic mass is 35.5. The van der Waals surface area contributed by atoms with Crippen LogP contribution in [0.1, 0.15) is 13.8 Å². The van der Waals surface area contributed by atoms with Crippen molar-refractivity contribution in [3.8, 4) is 0 Å². The molecule has 0 bridgehead atoms. The Morgan fingerprint density at radius 2 is 1.53 bits per heavy atom. The summed E-state index contributed by atoms with van der Waals surface area (Å²) in [5.74, 6) is -0.316. The first-order valence-corrected chi connectivity index (χ1v) is 9.69. The summed E-state index contributed by atoms with van der Waals surface area (Å²) < 4.78 is 48.4. The summed E-state index contributed by atoms with van der Waals surface area (Å²) in [7, 11) is -7.23. The number of sulfone groups is 2. The van der Waals surface area contributed by atoms with Crippen LogP contribution < -0.4 is 0 Å². The van der Waals surface area contributed by atoms with E-state index in [2.05, 4.69) is 0 Å². The van der Waals surface area contributed by atoms with Crippen molar-refractivity contribution in [2.75, 3.05) is 17.4 Å². The lowest BCUT2D eigenvalue weighted by Crippen LogP contribution is -2.18. The van der Waals surface area contributed by atoms with E-state index in [-0.39, 0.29) is 33.1 Å². The number of benzene rings is 1. The second-order valence-electron chi connectivity index (χ2n) is 4.39. The van der Waals surface area contributed by atoms with Gasteiger partial charge >= 0.3 is 0 Å². The van der Waals surface area contributed by atoms with E-state index in [4.69, 9.17) is 11.6 Å². The summed E-state index contributed by atoms with van der Waals surface area (Å²) in [5, 5.41) is 0. The Morgan fingerprint density at radius 1 is 1.05 bits per heavy atom. The molecule has 7 heteroatoms. The van der Waals surface area contributed by atoms with E-state index in [0.717, 1.165) is 0 Å². The first kappa shape index (κ1) is 16.5. The second-order valence-corrected chi connectivity index (χ2v) is 8.95. The number of hydrogen-bond acceptors (Lipinski definition) is 4. The zero-order chi connectivity index (χ0) is 14.7. The van der Waals surface area contributed by atoms with Crippen molar-refractivity contribution in [2.24, 2.45) is 5.92 Å². The predicted octanol–water partition coefficient (Wildman–Crippen LogP) is 2.13. The van der Waals surface area contributed by atoms with E-state index in [0.29, 0.717) is 0 Å². The third-order valence-corrected chi connectivity index (χ3v) is 7.14. The Balaban J connectivity index is 3.37. The molecule has 0 saturated carbocycles. The van der Waals surface area contributed by atoms with E-state index >= 15 is 0 Å². The molecular formula is C12H17ClO4S2. The van der Waals surface area contributed by atoms with Gasteiger partial charge in [0.1, 0.15) is 0 Å². The highest BCUT2D eigenvalue weighted by molar-refractivity contribution is 7.94. The normalized spacial score (nSPS) is 14.3. The molecule has 0 spiro atoms. The van der Waals surface area contributed by atoms with Gasteiger partial charge in [0.25, 0.3) is 0 Å². The second kappa shape index (κ2) is 6.24. The largest absolute Gasteiger partial charge is 0.224 e. The average molecular weight is 325 g/mol. The fourth-order valence-electron chi connectivity index (χ4n) is 1.63. The fourth-order valence-corrected chi connectivity index (χ4v) is 5.31. The van der Waals surface area contributed by atoms with E-state index in [1.54, 1.807) is 6.92 Å². The minimum Gasteiger partial charge on any atom is -0.224 e. The number of alkyl halides is 1. The molecule has 4 nitrogen and oxygen atoms in total. The number of rotatable bonds is 6. The molecular weight excluding hydrogens is 308 g/mol. The third kappa shape index (κ3) is 3.94. The maximum absolute atomic E-state index is 12.3. The number of hydrogen-bond donors (Lipinski definition) is 0. The summed E-state index contributed by atoms with van der Waals surface area (Å²) in [4.78, 5) is -0.256. The molecule has 19 heavy (non-hydrogen) atoms. The first-order valence-electron chi connectivity index (χ1n) is 5.85. The molecule has 0 aromatic heterocycles. The minimum absolute atomic E-state index is 0.126. The van der Waals surface area contributed by atoms with Crippen molar-refractivity contribution in [2.45, 2.75) is 23.6 Å². The smallest absolute Gasteiger partial charge is 0.179 e. The first-order chi connectivity index (χ1) is 8.74. The van der Waals surface area contributed by atoms with Crippen LogP contribution in [0.15, 0.2) is 34.1 Å². The molecule has 0 saturated heterocycles. The monoisotopic (exact) mass is 324 g/mol. The highest BCUT2D eigenvalue weighted by Crippen LogP contribution is 2.24. The molecule has 1 aromatic carbocycles. The summed E-state index contributed by atoms with van der Waals surface area (Å²) >= 11 is 5.62. The van der Waals surface area contributed by atoms with E-state index in [1.165, 1.54) is 31.2 Å². The molecule has 0 heterocycles. The average Bonchev–Trinajstić information content (AvgIpc) is 2.38. The molecule has 0 aliphatic carbocycles. The predicted molar refractivity (Wildman–Crippen MR) is 76.1 cm³/mol. The summed E-state index contributed by atoms with van der Waals surface area (Å²) in [5.41, 5.74) is 0. The van der Waals surface area contributed by atoms with Gasteiger partial charge in [-0.25, -0.2) is 16.8 Å². The van der Waals surface area contributed by atoms with Crippen LogP contribution in [-0.4, -0.2) is 34.2 Å². The van der Waals surface area contributed by atoms with Crippen molar-refractivity contribution in [1.82, 2.24) is 0 Å². The SMILES string of the molecule is CCS(=O)(=O)c1ccccc1S(=O)(=O)CC(C)CCl. The van der Waals surface area contributed by atoms with Crippen LogP contribution in [0.25, 0.3) is 0 Å². The van der Waals surface area contributed by atoms with Gasteiger partial charge < -0.3 is 0 Å². The highest BCUT2D eigenvalue weighted by Gasteiger charge is 2.26. The Labute approximate surface area is 119 Å². The molecule has 1 rings (SSSR count). The van der Waals surface area contributed by atoms with Crippen molar-refractivity contribution in [3.63, 3.8) is 0 Å². The van der Waals surface area contributed by atoms with E-state index in [9.17, 15) is 16.8 Å². The molecule has 0 radical (unpaired) electrons. The Kier molecular flexibility index (Phi) is 5.41. The van der Waals surface area contributed by atoms with Crippen molar-refractivity contribution in [3.05, 3.63) is 24.3 Å². The zero-order valence-electron chi connectivity index (χ0n) is 10.8. The van der Waals surface area contributed by atoms with Crippen LogP contribution in [0.5, 0.6) is 0 Å². The molecule has 108 valence electrons. The van der Waals surface area contributed by atoms with E-state index in [1.807, 2.05) is 0 Å².